The summed E-state index contributed by atoms with van der Waals surface area (Å²) in [6, 6.07) is 5.48. The molecule has 2 atom stereocenters. The van der Waals surface area contributed by atoms with E-state index in [-0.39, 0.29) is 42.6 Å². The van der Waals surface area contributed by atoms with Gasteiger partial charge in [0.05, 0.1) is 5.92 Å². The number of anilines is 1. The molecule has 3 aliphatic rings. The van der Waals surface area contributed by atoms with Gasteiger partial charge < -0.3 is 25.4 Å². The average molecular weight is 424 g/mol. The lowest BCUT2D eigenvalue weighted by Gasteiger charge is -2.30. The van der Waals surface area contributed by atoms with E-state index in [0.717, 1.165) is 18.5 Å². The number of nitrogens with zero attached hydrogens (tertiary/aromatic N) is 1. The summed E-state index contributed by atoms with van der Waals surface area (Å²) >= 11 is 0. The summed E-state index contributed by atoms with van der Waals surface area (Å²) in [4.78, 5) is 27.1. The predicted molar refractivity (Wildman–Crippen MR) is 113 cm³/mol. The van der Waals surface area contributed by atoms with Gasteiger partial charge >= 0.3 is 0 Å². The molecule has 8 heteroatoms. The zero-order chi connectivity index (χ0) is 19.5. The minimum Gasteiger partial charge on any atom is -0.486 e. The van der Waals surface area contributed by atoms with E-state index < -0.39 is 0 Å². The largest absolute Gasteiger partial charge is 0.486 e. The normalized spacial score (nSPS) is 22.7. The third-order valence-corrected chi connectivity index (χ3v) is 6.13. The van der Waals surface area contributed by atoms with Crippen LogP contribution in [0, 0.1) is 11.8 Å². The Morgan fingerprint density at radius 1 is 1.17 bits per heavy atom. The maximum Gasteiger partial charge on any atom is 0.227 e. The number of nitrogens with two attached hydrogens (primary N) is 1. The van der Waals surface area contributed by atoms with Crippen LogP contribution >= 0.6 is 12.4 Å². The highest BCUT2D eigenvalue weighted by molar-refractivity contribution is 6.00. The molecule has 3 N–H and O–H groups in total. The molecule has 2 heterocycles. The number of carbonyl (C=O) groups excluding carboxylic acids is 2. The highest BCUT2D eigenvalue weighted by atomic mass is 35.5. The first kappa shape index (κ1) is 21.7. The van der Waals surface area contributed by atoms with Gasteiger partial charge in [-0.15, -0.1) is 12.4 Å². The highest BCUT2D eigenvalue weighted by Gasteiger charge is 2.37. The van der Waals surface area contributed by atoms with Crippen LogP contribution in [0.15, 0.2) is 18.2 Å². The van der Waals surface area contributed by atoms with Crippen LogP contribution in [0.25, 0.3) is 0 Å². The average Bonchev–Trinajstić information content (AvgIpc) is 3.14. The minimum atomic E-state index is -0.349. The number of fused-ring (bicyclic) bond motifs is 1. The predicted octanol–water partition coefficient (Wildman–Crippen LogP) is 2.26. The van der Waals surface area contributed by atoms with Gasteiger partial charge in [0.25, 0.3) is 0 Å². The van der Waals surface area contributed by atoms with Gasteiger partial charge in [0.15, 0.2) is 11.5 Å². The van der Waals surface area contributed by atoms with E-state index in [9.17, 15) is 9.59 Å². The summed E-state index contributed by atoms with van der Waals surface area (Å²) in [7, 11) is 0. The maximum atomic E-state index is 12.8. The lowest BCUT2D eigenvalue weighted by Crippen LogP contribution is -2.48. The van der Waals surface area contributed by atoms with E-state index in [1.54, 1.807) is 4.90 Å². The third-order valence-electron chi connectivity index (χ3n) is 6.13. The second-order valence-electron chi connectivity index (χ2n) is 7.98. The van der Waals surface area contributed by atoms with Crippen LogP contribution in [-0.4, -0.2) is 44.2 Å². The first-order valence-corrected chi connectivity index (χ1v) is 10.4. The lowest BCUT2D eigenvalue weighted by molar-refractivity contribution is -0.127. The molecule has 0 aromatic heterocycles. The smallest absolute Gasteiger partial charge is 0.227 e. The van der Waals surface area contributed by atoms with Gasteiger partial charge in [-0.3, -0.25) is 9.59 Å². The van der Waals surface area contributed by atoms with Crippen molar-refractivity contribution in [2.45, 2.75) is 44.6 Å². The Morgan fingerprint density at radius 2 is 1.90 bits per heavy atom. The topological polar surface area (TPSA) is 93.9 Å². The third kappa shape index (κ3) is 4.78. The molecular weight excluding hydrogens is 394 g/mol. The number of rotatable bonds is 5. The molecule has 4 rings (SSSR count). The van der Waals surface area contributed by atoms with Crippen LogP contribution in [0.4, 0.5) is 5.69 Å². The lowest BCUT2D eigenvalue weighted by atomic mass is 9.83. The summed E-state index contributed by atoms with van der Waals surface area (Å²) in [5.41, 5.74) is 6.69. The van der Waals surface area contributed by atoms with Crippen molar-refractivity contribution >= 4 is 29.9 Å². The Morgan fingerprint density at radius 3 is 2.62 bits per heavy atom. The van der Waals surface area contributed by atoms with Crippen molar-refractivity contribution in [1.82, 2.24) is 5.32 Å². The zero-order valence-electron chi connectivity index (χ0n) is 16.6. The van der Waals surface area contributed by atoms with Crippen molar-refractivity contribution in [2.24, 2.45) is 17.6 Å². The molecule has 2 aliphatic heterocycles. The molecule has 1 saturated heterocycles. The van der Waals surface area contributed by atoms with E-state index in [4.69, 9.17) is 15.2 Å². The maximum absolute atomic E-state index is 12.8. The zero-order valence-corrected chi connectivity index (χ0v) is 17.4. The molecule has 1 aromatic rings. The fraction of sp³-hybridized carbons (Fsp3) is 0.619. The Kier molecular flexibility index (Phi) is 7.24. The summed E-state index contributed by atoms with van der Waals surface area (Å²) in [6.45, 7) is 1.85. The Balaban J connectivity index is 0.00000240. The fourth-order valence-electron chi connectivity index (χ4n) is 4.54. The number of benzene rings is 1. The van der Waals surface area contributed by atoms with Gasteiger partial charge in [0, 0.05) is 37.3 Å². The van der Waals surface area contributed by atoms with Gasteiger partial charge in [-0.05, 0) is 30.9 Å². The molecule has 1 aliphatic carbocycles. The molecule has 160 valence electrons. The number of ether oxygens (including phenoxy) is 2. The SMILES string of the molecule is Cl.NCC(NC(=O)C1CC(=O)N(c2ccc3c(c2)OCCO3)C1)C1CCCCC1. The quantitative estimate of drug-likeness (QED) is 0.757. The molecule has 0 spiro atoms. The fourth-order valence-corrected chi connectivity index (χ4v) is 4.54. The van der Waals surface area contributed by atoms with Crippen molar-refractivity contribution in [3.8, 4) is 11.5 Å². The van der Waals surface area contributed by atoms with Crippen molar-refractivity contribution in [3.63, 3.8) is 0 Å². The monoisotopic (exact) mass is 423 g/mol. The van der Waals surface area contributed by atoms with Gasteiger partial charge in [-0.1, -0.05) is 19.3 Å². The number of hydrogen-bond donors (Lipinski definition) is 2. The van der Waals surface area contributed by atoms with Crippen LogP contribution < -0.4 is 25.4 Å². The first-order chi connectivity index (χ1) is 13.7. The molecular formula is C21H30ClN3O4. The van der Waals surface area contributed by atoms with Gasteiger partial charge in [-0.2, -0.15) is 0 Å². The molecule has 2 fully saturated rings. The first-order valence-electron chi connectivity index (χ1n) is 10.4. The highest BCUT2D eigenvalue weighted by Crippen LogP contribution is 2.36. The second-order valence-corrected chi connectivity index (χ2v) is 7.98. The van der Waals surface area contributed by atoms with Crippen LogP contribution in [0.1, 0.15) is 38.5 Å². The molecule has 29 heavy (non-hydrogen) atoms. The van der Waals surface area contributed by atoms with Crippen LogP contribution in [0.5, 0.6) is 11.5 Å². The number of nitrogens with one attached hydrogen (secondary N) is 1. The molecule has 7 nitrogen and oxygen atoms in total. The van der Waals surface area contributed by atoms with E-state index in [1.165, 1.54) is 19.3 Å². The number of halogens is 1. The Hall–Kier alpha value is -1.99. The second kappa shape index (κ2) is 9.67. The van der Waals surface area contributed by atoms with Crippen molar-refractivity contribution in [1.29, 1.82) is 0 Å². The van der Waals surface area contributed by atoms with Gasteiger partial charge in [0.1, 0.15) is 13.2 Å². The summed E-state index contributed by atoms with van der Waals surface area (Å²) < 4.78 is 11.1. The molecule has 1 aromatic carbocycles. The summed E-state index contributed by atoms with van der Waals surface area (Å²) in [6.07, 6.45) is 6.14. The number of carbonyl (C=O) groups is 2. The molecule has 2 unspecified atom stereocenters. The van der Waals surface area contributed by atoms with Crippen molar-refractivity contribution < 1.29 is 19.1 Å². The Bertz CT molecular complexity index is 739. The van der Waals surface area contributed by atoms with E-state index in [0.29, 0.717) is 43.7 Å². The van der Waals surface area contributed by atoms with Gasteiger partial charge in [-0.25, -0.2) is 0 Å². The van der Waals surface area contributed by atoms with Crippen molar-refractivity contribution in [2.75, 3.05) is 31.2 Å². The standard InChI is InChI=1S/C21H29N3O4.ClH/c22-12-17(14-4-2-1-3-5-14)23-21(26)15-10-20(25)24(13-15)16-6-7-18-19(11-16)28-9-8-27-18;/h6-7,11,14-15,17H,1-5,8-10,12-13,22H2,(H,23,26);1H. The van der Waals surface area contributed by atoms with Crippen LogP contribution in [0.3, 0.4) is 0 Å². The molecule has 0 bridgehead atoms. The van der Waals surface area contributed by atoms with Gasteiger partial charge in [0.2, 0.25) is 11.8 Å². The summed E-state index contributed by atoms with van der Waals surface area (Å²) in [5, 5.41) is 3.13. The minimum absolute atomic E-state index is 0. The van der Waals surface area contributed by atoms with E-state index >= 15 is 0 Å². The number of amides is 2. The van der Waals surface area contributed by atoms with E-state index in [1.807, 2.05) is 18.2 Å². The molecule has 0 radical (unpaired) electrons. The van der Waals surface area contributed by atoms with Crippen LogP contribution in [-0.2, 0) is 9.59 Å². The molecule has 2 amide bonds. The van der Waals surface area contributed by atoms with Crippen molar-refractivity contribution in [3.05, 3.63) is 18.2 Å². The number of hydrogen-bond acceptors (Lipinski definition) is 5. The van der Waals surface area contributed by atoms with Crippen LogP contribution in [0.2, 0.25) is 0 Å². The summed E-state index contributed by atoms with van der Waals surface area (Å²) in [5.74, 6) is 1.33. The Labute approximate surface area is 177 Å². The van der Waals surface area contributed by atoms with E-state index in [2.05, 4.69) is 5.32 Å². The molecule has 1 saturated carbocycles.